The number of allylic oxidation sites excluding steroid dienone is 2. The van der Waals surface area contributed by atoms with E-state index in [9.17, 15) is 18.0 Å². The molecular weight excluding hydrogens is 397 g/mol. The molecule has 1 atom stereocenters. The van der Waals surface area contributed by atoms with Crippen LogP contribution < -0.4 is 10.6 Å². The van der Waals surface area contributed by atoms with Crippen molar-refractivity contribution in [1.29, 1.82) is 0 Å². The highest BCUT2D eigenvalue weighted by Crippen LogP contribution is 2.38. The van der Waals surface area contributed by atoms with Crippen molar-refractivity contribution < 1.29 is 18.0 Å². The molecule has 4 rings (SSSR count). The summed E-state index contributed by atoms with van der Waals surface area (Å²) in [6.07, 6.45) is 5.86. The van der Waals surface area contributed by atoms with E-state index in [2.05, 4.69) is 25.6 Å². The number of carbonyl (C=O) groups is 1. The van der Waals surface area contributed by atoms with Crippen LogP contribution in [0.2, 0.25) is 0 Å². The maximum atomic E-state index is 13.7. The van der Waals surface area contributed by atoms with Crippen molar-refractivity contribution in [3.8, 4) is 11.3 Å². The van der Waals surface area contributed by atoms with Gasteiger partial charge in [-0.3, -0.25) is 4.79 Å². The van der Waals surface area contributed by atoms with Crippen LogP contribution in [0, 0.1) is 0 Å². The molecule has 1 amide bonds. The molecule has 158 valence electrons. The zero-order valence-electron chi connectivity index (χ0n) is 16.3. The Kier molecular flexibility index (Phi) is 5.33. The first-order valence-corrected chi connectivity index (χ1v) is 9.60. The SMILES string of the molecule is CN1/C=C\C=C/c2c(-c3nc(NC4CCCNC4)ncc3C(F)(F)F)c[nH]c2C1=O. The maximum absolute atomic E-state index is 13.7. The van der Waals surface area contributed by atoms with Gasteiger partial charge in [0, 0.05) is 49.4 Å². The molecule has 10 heteroatoms. The highest BCUT2D eigenvalue weighted by Gasteiger charge is 2.37. The summed E-state index contributed by atoms with van der Waals surface area (Å²) in [6.45, 7) is 1.60. The summed E-state index contributed by atoms with van der Waals surface area (Å²) >= 11 is 0. The van der Waals surface area contributed by atoms with Crippen molar-refractivity contribution in [2.75, 3.05) is 25.5 Å². The lowest BCUT2D eigenvalue weighted by Crippen LogP contribution is -2.38. The first kappa shape index (κ1) is 20.1. The molecule has 0 bridgehead atoms. The second-order valence-corrected chi connectivity index (χ2v) is 7.25. The number of fused-ring (bicyclic) bond motifs is 1. The largest absolute Gasteiger partial charge is 0.419 e. The lowest BCUT2D eigenvalue weighted by atomic mass is 10.0. The molecule has 0 spiro atoms. The van der Waals surface area contributed by atoms with Crippen LogP contribution in [0.1, 0.15) is 34.5 Å². The van der Waals surface area contributed by atoms with Crippen molar-refractivity contribution in [1.82, 2.24) is 25.2 Å². The highest BCUT2D eigenvalue weighted by molar-refractivity contribution is 6.00. The summed E-state index contributed by atoms with van der Waals surface area (Å²) < 4.78 is 41.2. The molecule has 0 saturated carbocycles. The van der Waals surface area contributed by atoms with Gasteiger partial charge in [-0.15, -0.1) is 0 Å². The number of piperidine rings is 1. The average Bonchev–Trinajstić information content (AvgIpc) is 3.12. The van der Waals surface area contributed by atoms with E-state index in [-0.39, 0.29) is 34.8 Å². The zero-order chi connectivity index (χ0) is 21.3. The summed E-state index contributed by atoms with van der Waals surface area (Å²) in [5.41, 5.74) is -0.483. The Balaban J connectivity index is 1.80. The Morgan fingerprint density at radius 1 is 1.30 bits per heavy atom. The van der Waals surface area contributed by atoms with Crippen molar-refractivity contribution in [2.45, 2.75) is 25.1 Å². The first-order valence-electron chi connectivity index (χ1n) is 9.60. The van der Waals surface area contributed by atoms with Gasteiger partial charge >= 0.3 is 6.18 Å². The lowest BCUT2D eigenvalue weighted by molar-refractivity contribution is -0.137. The fourth-order valence-corrected chi connectivity index (χ4v) is 3.58. The second-order valence-electron chi connectivity index (χ2n) is 7.25. The fourth-order valence-electron chi connectivity index (χ4n) is 3.58. The van der Waals surface area contributed by atoms with Crippen LogP contribution in [0.4, 0.5) is 19.1 Å². The number of anilines is 1. The van der Waals surface area contributed by atoms with E-state index in [0.717, 1.165) is 25.6 Å². The number of alkyl halides is 3. The minimum atomic E-state index is -4.64. The van der Waals surface area contributed by atoms with E-state index < -0.39 is 11.7 Å². The van der Waals surface area contributed by atoms with Crippen molar-refractivity contribution >= 4 is 17.9 Å². The van der Waals surface area contributed by atoms with Crippen LogP contribution in [0.3, 0.4) is 0 Å². The minimum absolute atomic E-state index is 0.0375. The third kappa shape index (κ3) is 3.95. The summed E-state index contributed by atoms with van der Waals surface area (Å²) in [6, 6.07) is 0.0375. The van der Waals surface area contributed by atoms with Gasteiger partial charge in [-0.25, -0.2) is 9.97 Å². The van der Waals surface area contributed by atoms with Crippen LogP contribution >= 0.6 is 0 Å². The molecule has 2 aromatic heterocycles. The number of hydrogen-bond donors (Lipinski definition) is 3. The molecule has 0 aromatic carbocycles. The number of aromatic nitrogens is 3. The molecule has 2 aliphatic rings. The third-order valence-electron chi connectivity index (χ3n) is 5.12. The van der Waals surface area contributed by atoms with E-state index in [1.807, 2.05) is 0 Å². The van der Waals surface area contributed by atoms with Gasteiger partial charge in [0.15, 0.2) is 0 Å². The van der Waals surface area contributed by atoms with E-state index >= 15 is 0 Å². The van der Waals surface area contributed by atoms with Gasteiger partial charge in [0.1, 0.15) is 11.3 Å². The molecule has 4 heterocycles. The highest BCUT2D eigenvalue weighted by atomic mass is 19.4. The van der Waals surface area contributed by atoms with Gasteiger partial charge in [-0.05, 0) is 25.5 Å². The van der Waals surface area contributed by atoms with Crippen molar-refractivity contribution in [3.05, 3.63) is 47.6 Å². The molecule has 0 aliphatic carbocycles. The predicted molar refractivity (Wildman–Crippen MR) is 107 cm³/mol. The summed E-state index contributed by atoms with van der Waals surface area (Å²) in [7, 11) is 1.58. The third-order valence-corrected chi connectivity index (χ3v) is 5.12. The monoisotopic (exact) mass is 418 g/mol. The number of aromatic amines is 1. The molecule has 2 aromatic rings. The van der Waals surface area contributed by atoms with Gasteiger partial charge in [-0.1, -0.05) is 12.2 Å². The molecule has 1 fully saturated rings. The van der Waals surface area contributed by atoms with E-state index in [1.165, 1.54) is 11.1 Å². The minimum Gasteiger partial charge on any atom is -0.356 e. The fraction of sp³-hybridized carbons (Fsp3) is 0.350. The van der Waals surface area contributed by atoms with Crippen LogP contribution in [0.5, 0.6) is 0 Å². The Morgan fingerprint density at radius 2 is 2.13 bits per heavy atom. The van der Waals surface area contributed by atoms with E-state index in [0.29, 0.717) is 12.1 Å². The molecule has 7 nitrogen and oxygen atoms in total. The Morgan fingerprint density at radius 3 is 2.87 bits per heavy atom. The van der Waals surface area contributed by atoms with E-state index in [1.54, 1.807) is 31.5 Å². The topological polar surface area (TPSA) is 85.9 Å². The smallest absolute Gasteiger partial charge is 0.356 e. The number of nitrogens with one attached hydrogen (secondary N) is 3. The van der Waals surface area contributed by atoms with Crippen molar-refractivity contribution in [2.24, 2.45) is 0 Å². The number of amides is 1. The number of hydrogen-bond acceptors (Lipinski definition) is 5. The van der Waals surface area contributed by atoms with Gasteiger partial charge in [0.25, 0.3) is 5.91 Å². The van der Waals surface area contributed by atoms with Gasteiger partial charge in [0.2, 0.25) is 5.95 Å². The number of nitrogens with zero attached hydrogens (tertiary/aromatic N) is 3. The molecule has 2 aliphatic heterocycles. The molecular formula is C20H21F3N6O. The Bertz CT molecular complexity index is 1000. The van der Waals surface area contributed by atoms with E-state index in [4.69, 9.17) is 0 Å². The average molecular weight is 418 g/mol. The summed E-state index contributed by atoms with van der Waals surface area (Å²) in [5, 5.41) is 6.35. The molecule has 3 N–H and O–H groups in total. The summed E-state index contributed by atoms with van der Waals surface area (Å²) in [5.74, 6) is -0.231. The summed E-state index contributed by atoms with van der Waals surface area (Å²) in [4.78, 5) is 24.9. The molecule has 0 radical (unpaired) electrons. The quantitative estimate of drug-likeness (QED) is 0.713. The second kappa shape index (κ2) is 7.94. The Labute approximate surface area is 171 Å². The zero-order valence-corrected chi connectivity index (χ0v) is 16.3. The molecule has 1 unspecified atom stereocenters. The number of rotatable bonds is 3. The van der Waals surface area contributed by atoms with Crippen LogP contribution in [-0.2, 0) is 6.18 Å². The number of halogens is 3. The standard InChI is InChI=1S/C20H21F3N6O/c1-29-8-3-2-6-13-14(10-25-17(13)18(29)30)16-15(20(21,22)23)11-26-19(28-16)27-12-5-4-7-24-9-12/h2-3,6,8,10-12,24-25H,4-5,7,9H2,1H3,(H,26,27,28)/b6-2-,8-3-. The number of carbonyl (C=O) groups excluding carboxylic acids is 1. The van der Waals surface area contributed by atoms with Gasteiger partial charge < -0.3 is 20.5 Å². The molecule has 30 heavy (non-hydrogen) atoms. The van der Waals surface area contributed by atoms with Crippen LogP contribution in [0.15, 0.2) is 30.7 Å². The predicted octanol–water partition coefficient (Wildman–Crippen LogP) is 3.27. The number of H-pyrrole nitrogens is 1. The molecule has 1 saturated heterocycles. The lowest BCUT2D eigenvalue weighted by Gasteiger charge is -2.24. The maximum Gasteiger partial charge on any atom is 0.419 e. The van der Waals surface area contributed by atoms with Gasteiger partial charge in [0.05, 0.1) is 5.69 Å². The first-order chi connectivity index (χ1) is 14.3. The van der Waals surface area contributed by atoms with Crippen molar-refractivity contribution in [3.63, 3.8) is 0 Å². The van der Waals surface area contributed by atoms with Gasteiger partial charge in [-0.2, -0.15) is 13.2 Å². The van der Waals surface area contributed by atoms with Crippen LogP contribution in [-0.4, -0.2) is 51.9 Å². The normalized spacial score (nSPS) is 21.5. The van der Waals surface area contributed by atoms with Crippen LogP contribution in [0.25, 0.3) is 17.3 Å². The Hall–Kier alpha value is -3.14.